The van der Waals surface area contributed by atoms with Gasteiger partial charge in [0.2, 0.25) is 0 Å². The Balaban J connectivity index is 1.87. The number of hydrogen-bond acceptors (Lipinski definition) is 5. The molecule has 1 fully saturated rings. The van der Waals surface area contributed by atoms with E-state index in [9.17, 15) is 8.42 Å². The minimum Gasteiger partial charge on any atom is -0.313 e. The molecule has 0 spiro atoms. The van der Waals surface area contributed by atoms with E-state index < -0.39 is 10.0 Å². The molecule has 0 radical (unpaired) electrons. The Morgan fingerprint density at radius 3 is 2.81 bits per heavy atom. The second-order valence-electron chi connectivity index (χ2n) is 5.35. The molecule has 0 aliphatic carbocycles. The first-order chi connectivity index (χ1) is 10.1. The molecule has 1 saturated heterocycles. The molecule has 120 valence electrons. The fraction of sp³-hybridized carbons (Fsp3) is 0.769. The third-order valence-electron chi connectivity index (χ3n) is 3.61. The van der Waals surface area contributed by atoms with Crippen molar-refractivity contribution in [2.24, 2.45) is 0 Å². The number of likely N-dealkylation sites (tertiary alicyclic amines) is 1. The van der Waals surface area contributed by atoms with E-state index in [1.54, 1.807) is 6.20 Å². The molecule has 21 heavy (non-hydrogen) atoms. The van der Waals surface area contributed by atoms with Crippen LogP contribution in [0.4, 0.5) is 0 Å². The van der Waals surface area contributed by atoms with Crippen LogP contribution < -0.4 is 10.0 Å². The zero-order chi connectivity index (χ0) is 15.1. The number of H-pyrrole nitrogens is 1. The molecule has 3 N–H and O–H groups in total. The average Bonchev–Trinajstić information content (AvgIpc) is 3.10. The molecule has 0 amide bonds. The van der Waals surface area contributed by atoms with Gasteiger partial charge in [0, 0.05) is 25.2 Å². The van der Waals surface area contributed by atoms with Crippen molar-refractivity contribution in [3.63, 3.8) is 0 Å². The Morgan fingerprint density at radius 2 is 2.10 bits per heavy atom. The Bertz CT molecular complexity index is 522. The summed E-state index contributed by atoms with van der Waals surface area (Å²) in [5, 5.41) is 9.82. The maximum absolute atomic E-state index is 12.3. The third-order valence-corrected chi connectivity index (χ3v) is 5.08. The van der Waals surface area contributed by atoms with Crippen molar-refractivity contribution in [3.8, 4) is 0 Å². The molecule has 1 aliphatic rings. The van der Waals surface area contributed by atoms with Gasteiger partial charge in [0.1, 0.15) is 0 Å². The fourth-order valence-electron chi connectivity index (χ4n) is 2.47. The monoisotopic (exact) mass is 315 g/mol. The normalized spacial score (nSPS) is 16.6. The van der Waals surface area contributed by atoms with Crippen LogP contribution in [-0.4, -0.2) is 56.2 Å². The summed E-state index contributed by atoms with van der Waals surface area (Å²) in [5.41, 5.74) is 0.678. The summed E-state index contributed by atoms with van der Waals surface area (Å²) >= 11 is 0. The van der Waals surface area contributed by atoms with Crippen LogP contribution in [0.5, 0.6) is 0 Å². The fourth-order valence-corrected chi connectivity index (χ4v) is 3.62. The predicted molar refractivity (Wildman–Crippen MR) is 81.4 cm³/mol. The largest absolute Gasteiger partial charge is 0.313 e. The first-order valence-electron chi connectivity index (χ1n) is 7.58. The van der Waals surface area contributed by atoms with Gasteiger partial charge in [-0.3, -0.25) is 5.10 Å². The highest BCUT2D eigenvalue weighted by Crippen LogP contribution is 2.11. The lowest BCUT2D eigenvalue weighted by Crippen LogP contribution is -2.34. The molecular weight excluding hydrogens is 290 g/mol. The molecule has 1 aliphatic heterocycles. The number of nitrogens with one attached hydrogen (secondary N) is 3. The molecule has 7 nitrogen and oxygen atoms in total. The first kappa shape index (κ1) is 16.4. The van der Waals surface area contributed by atoms with E-state index in [-0.39, 0.29) is 5.03 Å². The Kier molecular flexibility index (Phi) is 6.16. The van der Waals surface area contributed by atoms with Crippen molar-refractivity contribution < 1.29 is 8.42 Å². The van der Waals surface area contributed by atoms with Crippen molar-refractivity contribution in [2.75, 3.05) is 32.7 Å². The Morgan fingerprint density at radius 1 is 1.33 bits per heavy atom. The van der Waals surface area contributed by atoms with E-state index in [0.29, 0.717) is 18.7 Å². The Hall–Kier alpha value is -0.960. The van der Waals surface area contributed by atoms with E-state index in [1.807, 2.05) is 0 Å². The standard InChI is InChI=1S/C13H25N5O2S/c1-2-5-14-10-12-11-15-17-13(12)21(19,20)16-6-9-18-7-3-4-8-18/h11,14,16H,2-10H2,1H3,(H,15,17). The third kappa shape index (κ3) is 4.77. The lowest BCUT2D eigenvalue weighted by Gasteiger charge is -2.14. The number of aromatic amines is 1. The molecule has 0 bridgehead atoms. The van der Waals surface area contributed by atoms with E-state index in [4.69, 9.17) is 0 Å². The minimum absolute atomic E-state index is 0.174. The summed E-state index contributed by atoms with van der Waals surface area (Å²) in [5.74, 6) is 0. The lowest BCUT2D eigenvalue weighted by atomic mass is 10.3. The van der Waals surface area contributed by atoms with Crippen LogP contribution in [0.25, 0.3) is 0 Å². The Labute approximate surface area is 126 Å². The quantitative estimate of drug-likeness (QED) is 0.570. The highest BCUT2D eigenvalue weighted by atomic mass is 32.2. The number of aromatic nitrogens is 2. The first-order valence-corrected chi connectivity index (χ1v) is 9.07. The van der Waals surface area contributed by atoms with Gasteiger partial charge < -0.3 is 10.2 Å². The summed E-state index contributed by atoms with van der Waals surface area (Å²) in [6.45, 7) is 6.76. The number of rotatable bonds is 9. The number of sulfonamides is 1. The average molecular weight is 315 g/mol. The zero-order valence-corrected chi connectivity index (χ0v) is 13.4. The zero-order valence-electron chi connectivity index (χ0n) is 12.6. The molecule has 0 atom stereocenters. The molecule has 2 rings (SSSR count). The van der Waals surface area contributed by atoms with Gasteiger partial charge in [-0.15, -0.1) is 0 Å². The van der Waals surface area contributed by atoms with Gasteiger partial charge in [-0.05, 0) is 38.9 Å². The van der Waals surface area contributed by atoms with Crippen molar-refractivity contribution in [2.45, 2.75) is 37.8 Å². The topological polar surface area (TPSA) is 90.1 Å². The van der Waals surface area contributed by atoms with Gasteiger partial charge in [-0.25, -0.2) is 13.1 Å². The van der Waals surface area contributed by atoms with Gasteiger partial charge in [-0.1, -0.05) is 6.92 Å². The molecule has 1 aromatic rings. The van der Waals surface area contributed by atoms with Crippen LogP contribution in [0.15, 0.2) is 11.2 Å². The summed E-state index contributed by atoms with van der Waals surface area (Å²) in [6, 6.07) is 0. The smallest absolute Gasteiger partial charge is 0.257 e. The summed E-state index contributed by atoms with van der Waals surface area (Å²) in [7, 11) is -3.51. The van der Waals surface area contributed by atoms with E-state index >= 15 is 0 Å². The van der Waals surface area contributed by atoms with Crippen LogP contribution >= 0.6 is 0 Å². The van der Waals surface area contributed by atoms with Crippen molar-refractivity contribution in [1.29, 1.82) is 0 Å². The van der Waals surface area contributed by atoms with Crippen molar-refractivity contribution in [3.05, 3.63) is 11.8 Å². The lowest BCUT2D eigenvalue weighted by molar-refractivity contribution is 0.344. The highest BCUT2D eigenvalue weighted by Gasteiger charge is 2.21. The van der Waals surface area contributed by atoms with Crippen molar-refractivity contribution >= 4 is 10.0 Å². The van der Waals surface area contributed by atoms with Crippen LogP contribution in [0.2, 0.25) is 0 Å². The van der Waals surface area contributed by atoms with Gasteiger partial charge in [0.05, 0.1) is 6.20 Å². The molecule has 0 saturated carbocycles. The number of nitrogens with zero attached hydrogens (tertiary/aromatic N) is 2. The maximum Gasteiger partial charge on any atom is 0.257 e. The van der Waals surface area contributed by atoms with Crippen LogP contribution in [0.3, 0.4) is 0 Å². The highest BCUT2D eigenvalue weighted by molar-refractivity contribution is 7.89. The van der Waals surface area contributed by atoms with E-state index in [1.165, 1.54) is 12.8 Å². The molecule has 2 heterocycles. The molecular formula is C13H25N5O2S. The van der Waals surface area contributed by atoms with Crippen molar-refractivity contribution in [1.82, 2.24) is 25.1 Å². The summed E-state index contributed by atoms with van der Waals surface area (Å²) in [6.07, 6.45) is 4.99. The molecule has 0 unspecified atom stereocenters. The number of hydrogen-bond donors (Lipinski definition) is 3. The van der Waals surface area contributed by atoms with Gasteiger partial charge in [-0.2, -0.15) is 5.10 Å². The molecule has 0 aromatic carbocycles. The van der Waals surface area contributed by atoms with E-state index in [2.05, 4.69) is 32.1 Å². The SMILES string of the molecule is CCCNCc1cn[nH]c1S(=O)(=O)NCCN1CCCC1. The summed E-state index contributed by atoms with van der Waals surface area (Å²) < 4.78 is 27.2. The van der Waals surface area contributed by atoms with Gasteiger partial charge in [0.15, 0.2) is 5.03 Å². The predicted octanol–water partition coefficient (Wildman–Crippen LogP) is 0.283. The minimum atomic E-state index is -3.51. The summed E-state index contributed by atoms with van der Waals surface area (Å²) in [4.78, 5) is 2.28. The second kappa shape index (κ2) is 7.88. The molecule has 1 aromatic heterocycles. The molecule has 8 heteroatoms. The van der Waals surface area contributed by atoms with Gasteiger partial charge >= 0.3 is 0 Å². The van der Waals surface area contributed by atoms with Crippen LogP contribution in [0.1, 0.15) is 31.7 Å². The van der Waals surface area contributed by atoms with Gasteiger partial charge in [0.25, 0.3) is 10.0 Å². The maximum atomic E-state index is 12.3. The van der Waals surface area contributed by atoms with Crippen LogP contribution in [-0.2, 0) is 16.6 Å². The second-order valence-corrected chi connectivity index (χ2v) is 7.05. The van der Waals surface area contributed by atoms with E-state index in [0.717, 1.165) is 32.6 Å². The van der Waals surface area contributed by atoms with Crippen LogP contribution in [0, 0.1) is 0 Å².